The zero-order chi connectivity index (χ0) is 17.0. The second-order valence-corrected chi connectivity index (χ2v) is 8.54. The maximum atomic E-state index is 11.1. The van der Waals surface area contributed by atoms with Crippen molar-refractivity contribution in [2.45, 2.75) is 18.9 Å². The smallest absolute Gasteiger partial charge is 0.208 e. The zero-order valence-electron chi connectivity index (χ0n) is 14.6. The number of nitrogens with zero attached hydrogens (tertiary/aromatic N) is 4. The van der Waals surface area contributed by atoms with Gasteiger partial charge >= 0.3 is 0 Å². The Bertz CT molecular complexity index is 601. The van der Waals surface area contributed by atoms with Crippen LogP contribution in [0.2, 0.25) is 0 Å². The minimum atomic E-state index is -3.11. The molecule has 1 aliphatic rings. The van der Waals surface area contributed by atoms with Gasteiger partial charge in [-0.1, -0.05) is 0 Å². The monoisotopic (exact) mass is 343 g/mol. The third-order valence-corrected chi connectivity index (χ3v) is 5.21. The van der Waals surface area contributed by atoms with Gasteiger partial charge in [0.05, 0.1) is 12.5 Å². The van der Waals surface area contributed by atoms with Gasteiger partial charge in [0, 0.05) is 44.5 Å². The van der Waals surface area contributed by atoms with Gasteiger partial charge in [-0.2, -0.15) is 5.10 Å². The number of rotatable bonds is 7. The highest BCUT2D eigenvalue weighted by Crippen LogP contribution is 2.35. The molecule has 0 aliphatic carbocycles. The van der Waals surface area contributed by atoms with Crippen molar-refractivity contribution in [1.29, 1.82) is 0 Å². The second kappa shape index (κ2) is 7.74. The van der Waals surface area contributed by atoms with E-state index in [1.807, 2.05) is 17.9 Å². The Morgan fingerprint density at radius 1 is 1.43 bits per heavy atom. The number of likely N-dealkylation sites (tertiary alicyclic amines) is 1. The number of nitrogens with one attached hydrogen (secondary N) is 1. The van der Waals surface area contributed by atoms with Crippen molar-refractivity contribution in [2.75, 3.05) is 46.5 Å². The van der Waals surface area contributed by atoms with Crippen LogP contribution in [0.25, 0.3) is 0 Å². The fourth-order valence-corrected chi connectivity index (χ4v) is 3.95. The molecule has 1 aromatic rings. The molecule has 7 nitrogen and oxygen atoms in total. The van der Waals surface area contributed by atoms with E-state index in [0.29, 0.717) is 25.0 Å². The SMILES string of the molecule is CN(CCNS(C)(=O)=O)C[C@@H]1CCCN(C)[C@H]1c1cnn(C)c1. The molecule has 0 unspecified atom stereocenters. The van der Waals surface area contributed by atoms with Crippen LogP contribution in [0.4, 0.5) is 0 Å². The predicted octanol–water partition coefficient (Wildman–Crippen LogP) is 0.284. The average molecular weight is 343 g/mol. The molecule has 1 aromatic heterocycles. The highest BCUT2D eigenvalue weighted by atomic mass is 32.2. The van der Waals surface area contributed by atoms with Crippen molar-refractivity contribution in [1.82, 2.24) is 24.3 Å². The van der Waals surface area contributed by atoms with Crippen molar-refractivity contribution in [3.8, 4) is 0 Å². The molecule has 0 aromatic carbocycles. The number of aromatic nitrogens is 2. The summed E-state index contributed by atoms with van der Waals surface area (Å²) in [4.78, 5) is 4.62. The summed E-state index contributed by atoms with van der Waals surface area (Å²) in [7, 11) is 3.07. The van der Waals surface area contributed by atoms with Crippen molar-refractivity contribution in [3.63, 3.8) is 0 Å². The van der Waals surface area contributed by atoms with Gasteiger partial charge in [0.1, 0.15) is 0 Å². The maximum absolute atomic E-state index is 11.1. The molecule has 8 heteroatoms. The van der Waals surface area contributed by atoms with Crippen LogP contribution >= 0.6 is 0 Å². The topological polar surface area (TPSA) is 70.5 Å². The summed E-state index contributed by atoms with van der Waals surface area (Å²) in [6.45, 7) is 3.23. The Morgan fingerprint density at radius 3 is 2.78 bits per heavy atom. The van der Waals surface area contributed by atoms with Crippen molar-refractivity contribution in [2.24, 2.45) is 13.0 Å². The summed E-state index contributed by atoms with van der Waals surface area (Å²) in [6, 6.07) is 0.378. The van der Waals surface area contributed by atoms with E-state index >= 15 is 0 Å². The van der Waals surface area contributed by atoms with Crippen LogP contribution in [-0.2, 0) is 17.1 Å². The second-order valence-electron chi connectivity index (χ2n) is 6.70. The van der Waals surface area contributed by atoms with Gasteiger partial charge in [0.2, 0.25) is 10.0 Å². The lowest BCUT2D eigenvalue weighted by atomic mass is 9.86. The fraction of sp³-hybridized carbons (Fsp3) is 0.800. The lowest BCUT2D eigenvalue weighted by Crippen LogP contribution is -2.42. The van der Waals surface area contributed by atoms with Gasteiger partial charge in [-0.25, -0.2) is 13.1 Å². The lowest BCUT2D eigenvalue weighted by molar-refractivity contribution is 0.0949. The Kier molecular flexibility index (Phi) is 6.19. The summed E-state index contributed by atoms with van der Waals surface area (Å²) >= 11 is 0. The third kappa shape index (κ3) is 5.56. The Labute approximate surface area is 139 Å². The van der Waals surface area contributed by atoms with Gasteiger partial charge in [0.15, 0.2) is 0 Å². The molecule has 0 radical (unpaired) electrons. The first-order chi connectivity index (χ1) is 10.8. The van der Waals surface area contributed by atoms with Crippen LogP contribution in [0.5, 0.6) is 0 Å². The number of aryl methyl sites for hydroxylation is 1. The van der Waals surface area contributed by atoms with Gasteiger partial charge in [-0.15, -0.1) is 0 Å². The molecular weight excluding hydrogens is 314 g/mol. The van der Waals surface area contributed by atoms with Gasteiger partial charge in [-0.05, 0) is 39.4 Å². The largest absolute Gasteiger partial charge is 0.305 e. The average Bonchev–Trinajstić information content (AvgIpc) is 2.83. The van der Waals surface area contributed by atoms with E-state index in [1.165, 1.54) is 24.7 Å². The highest BCUT2D eigenvalue weighted by molar-refractivity contribution is 7.88. The standard InChI is InChI=1S/C15H29N5O2S/c1-18(9-7-17-23(4,21)22)11-13-6-5-8-19(2)15(13)14-10-16-20(3)12-14/h10,12-13,15,17H,5-9,11H2,1-4H3/t13-,15+/m0/s1. The van der Waals surface area contributed by atoms with Crippen LogP contribution in [0, 0.1) is 5.92 Å². The van der Waals surface area contributed by atoms with Gasteiger partial charge < -0.3 is 4.90 Å². The van der Waals surface area contributed by atoms with E-state index in [2.05, 4.69) is 39.9 Å². The Morgan fingerprint density at radius 2 is 2.17 bits per heavy atom. The van der Waals surface area contributed by atoms with Crippen LogP contribution in [0.3, 0.4) is 0 Å². The summed E-state index contributed by atoms with van der Waals surface area (Å²) < 4.78 is 26.7. The number of hydrogen-bond acceptors (Lipinski definition) is 5. The Balaban J connectivity index is 1.95. The molecule has 132 valence electrons. The van der Waals surface area contributed by atoms with Crippen LogP contribution < -0.4 is 4.72 Å². The summed E-state index contributed by atoms with van der Waals surface area (Å²) in [5.41, 5.74) is 1.27. The molecule has 1 aliphatic heterocycles. The molecule has 1 saturated heterocycles. The predicted molar refractivity (Wildman–Crippen MR) is 91.6 cm³/mol. The quantitative estimate of drug-likeness (QED) is 0.770. The minimum Gasteiger partial charge on any atom is -0.305 e. The van der Waals surface area contributed by atoms with E-state index in [4.69, 9.17) is 0 Å². The first-order valence-electron chi connectivity index (χ1n) is 8.08. The third-order valence-electron chi connectivity index (χ3n) is 4.48. The van der Waals surface area contributed by atoms with Crippen molar-refractivity contribution >= 4 is 10.0 Å². The first kappa shape index (κ1) is 18.4. The van der Waals surface area contributed by atoms with Crippen LogP contribution in [0.1, 0.15) is 24.4 Å². The molecule has 0 saturated carbocycles. The molecule has 0 bridgehead atoms. The first-order valence-corrected chi connectivity index (χ1v) is 9.97. The van der Waals surface area contributed by atoms with E-state index in [1.54, 1.807) is 0 Å². The van der Waals surface area contributed by atoms with Crippen molar-refractivity contribution < 1.29 is 8.42 Å². The zero-order valence-corrected chi connectivity index (χ0v) is 15.4. The molecule has 1 fully saturated rings. The van der Waals surface area contributed by atoms with E-state index < -0.39 is 10.0 Å². The van der Waals surface area contributed by atoms with Crippen LogP contribution in [-0.4, -0.2) is 74.5 Å². The molecule has 0 amide bonds. The van der Waals surface area contributed by atoms with Crippen molar-refractivity contribution in [3.05, 3.63) is 18.0 Å². The van der Waals surface area contributed by atoms with E-state index in [0.717, 1.165) is 13.1 Å². The Hall–Kier alpha value is -0.960. The highest BCUT2D eigenvalue weighted by Gasteiger charge is 2.31. The summed E-state index contributed by atoms with van der Waals surface area (Å²) in [5, 5.41) is 4.32. The number of hydrogen-bond donors (Lipinski definition) is 1. The molecular formula is C15H29N5O2S. The molecule has 0 spiro atoms. The molecule has 23 heavy (non-hydrogen) atoms. The lowest BCUT2D eigenvalue weighted by Gasteiger charge is -2.40. The maximum Gasteiger partial charge on any atom is 0.208 e. The molecule has 2 heterocycles. The fourth-order valence-electron chi connectivity index (χ4n) is 3.48. The minimum absolute atomic E-state index is 0.378. The molecule has 1 N–H and O–H groups in total. The molecule has 2 atom stereocenters. The molecule has 2 rings (SSSR count). The number of likely N-dealkylation sites (N-methyl/N-ethyl adjacent to an activating group) is 1. The van der Waals surface area contributed by atoms with Gasteiger partial charge in [0.25, 0.3) is 0 Å². The normalized spacial score (nSPS) is 23.5. The van der Waals surface area contributed by atoms with Gasteiger partial charge in [-0.3, -0.25) is 9.58 Å². The number of sulfonamides is 1. The summed E-state index contributed by atoms with van der Waals surface area (Å²) in [5.74, 6) is 0.529. The van der Waals surface area contributed by atoms with E-state index in [-0.39, 0.29) is 0 Å². The number of piperidine rings is 1. The van der Waals surface area contributed by atoms with E-state index in [9.17, 15) is 8.42 Å². The van der Waals surface area contributed by atoms with Crippen LogP contribution in [0.15, 0.2) is 12.4 Å². The summed E-state index contributed by atoms with van der Waals surface area (Å²) in [6.07, 6.45) is 7.65.